The number of benzene rings is 1. The second-order valence-corrected chi connectivity index (χ2v) is 5.62. The summed E-state index contributed by atoms with van der Waals surface area (Å²) in [5.74, 6) is 0.480. The molecule has 0 saturated carbocycles. The van der Waals surface area contributed by atoms with Gasteiger partial charge in [-0.1, -0.05) is 29.8 Å². The summed E-state index contributed by atoms with van der Waals surface area (Å²) in [7, 11) is 2.00. The quantitative estimate of drug-likeness (QED) is 0.832. The van der Waals surface area contributed by atoms with Gasteiger partial charge in [-0.15, -0.1) is 0 Å². The topological polar surface area (TPSA) is 12.0 Å². The summed E-state index contributed by atoms with van der Waals surface area (Å²) in [6.45, 7) is 4.44. The highest BCUT2D eigenvalue weighted by Gasteiger charge is 2.10. The summed E-state index contributed by atoms with van der Waals surface area (Å²) in [6, 6.07) is 5.43. The standard InChI is InChI=1S/C14H21BrFN/c1-10(2)14(17-3)6-4-5-11-9-12(16)7-8-13(11)15/h7-10,14,17H,4-6H2,1-3H3. The third kappa shape index (κ3) is 4.76. The molecule has 0 amide bonds. The molecular weight excluding hydrogens is 281 g/mol. The van der Waals surface area contributed by atoms with E-state index in [-0.39, 0.29) is 5.82 Å². The minimum absolute atomic E-state index is 0.155. The number of nitrogens with one attached hydrogen (secondary N) is 1. The number of hydrogen-bond acceptors (Lipinski definition) is 1. The van der Waals surface area contributed by atoms with Crippen LogP contribution in [0.3, 0.4) is 0 Å². The zero-order valence-corrected chi connectivity index (χ0v) is 12.3. The highest BCUT2D eigenvalue weighted by Crippen LogP contribution is 2.20. The van der Waals surface area contributed by atoms with Crippen LogP contribution in [-0.2, 0) is 6.42 Å². The van der Waals surface area contributed by atoms with E-state index in [0.717, 1.165) is 29.3 Å². The van der Waals surface area contributed by atoms with Crippen LogP contribution in [-0.4, -0.2) is 13.1 Å². The van der Waals surface area contributed by atoms with E-state index >= 15 is 0 Å². The van der Waals surface area contributed by atoms with Gasteiger partial charge >= 0.3 is 0 Å². The van der Waals surface area contributed by atoms with Crippen LogP contribution in [0.2, 0.25) is 0 Å². The van der Waals surface area contributed by atoms with Crippen LogP contribution in [0.15, 0.2) is 22.7 Å². The van der Waals surface area contributed by atoms with Gasteiger partial charge in [-0.2, -0.15) is 0 Å². The fourth-order valence-electron chi connectivity index (χ4n) is 2.06. The maximum atomic E-state index is 13.1. The molecule has 0 aliphatic carbocycles. The molecule has 0 aliphatic rings. The predicted molar refractivity (Wildman–Crippen MR) is 74.7 cm³/mol. The highest BCUT2D eigenvalue weighted by molar-refractivity contribution is 9.10. The molecular formula is C14H21BrFN. The molecule has 1 N–H and O–H groups in total. The van der Waals surface area contributed by atoms with Gasteiger partial charge in [-0.3, -0.25) is 0 Å². The fraction of sp³-hybridized carbons (Fsp3) is 0.571. The molecule has 1 aromatic rings. The van der Waals surface area contributed by atoms with Crippen molar-refractivity contribution in [1.82, 2.24) is 5.32 Å². The Morgan fingerprint density at radius 1 is 1.35 bits per heavy atom. The molecule has 1 unspecified atom stereocenters. The van der Waals surface area contributed by atoms with Crippen LogP contribution in [0.4, 0.5) is 4.39 Å². The zero-order valence-electron chi connectivity index (χ0n) is 10.8. The Balaban J connectivity index is 2.47. The first-order valence-corrected chi connectivity index (χ1v) is 6.95. The first-order valence-electron chi connectivity index (χ1n) is 6.15. The van der Waals surface area contributed by atoms with Crippen LogP contribution in [0.1, 0.15) is 32.3 Å². The number of hydrogen-bond donors (Lipinski definition) is 1. The maximum absolute atomic E-state index is 13.1. The van der Waals surface area contributed by atoms with E-state index in [0.29, 0.717) is 12.0 Å². The van der Waals surface area contributed by atoms with Gasteiger partial charge in [-0.05, 0) is 56.0 Å². The molecule has 0 fully saturated rings. The minimum Gasteiger partial charge on any atom is -0.317 e. The van der Waals surface area contributed by atoms with Crippen molar-refractivity contribution in [2.75, 3.05) is 7.05 Å². The van der Waals surface area contributed by atoms with E-state index in [2.05, 4.69) is 35.1 Å². The second-order valence-electron chi connectivity index (χ2n) is 4.77. The average molecular weight is 302 g/mol. The molecule has 0 spiro atoms. The molecule has 0 heterocycles. The lowest BCUT2D eigenvalue weighted by Crippen LogP contribution is -2.30. The molecule has 1 aromatic carbocycles. The molecule has 0 aliphatic heterocycles. The van der Waals surface area contributed by atoms with Crippen LogP contribution >= 0.6 is 15.9 Å². The smallest absolute Gasteiger partial charge is 0.123 e. The van der Waals surface area contributed by atoms with E-state index in [1.54, 1.807) is 12.1 Å². The van der Waals surface area contributed by atoms with E-state index in [1.807, 2.05) is 7.05 Å². The first kappa shape index (κ1) is 14.7. The lowest BCUT2D eigenvalue weighted by atomic mass is 9.97. The Bertz CT molecular complexity index is 352. The molecule has 96 valence electrons. The van der Waals surface area contributed by atoms with E-state index in [9.17, 15) is 4.39 Å². The van der Waals surface area contributed by atoms with Gasteiger partial charge in [-0.25, -0.2) is 4.39 Å². The molecule has 1 atom stereocenters. The van der Waals surface area contributed by atoms with Crippen molar-refractivity contribution in [3.63, 3.8) is 0 Å². The predicted octanol–water partition coefficient (Wildman–Crippen LogP) is 4.15. The highest BCUT2D eigenvalue weighted by atomic mass is 79.9. The second kappa shape index (κ2) is 7.12. The van der Waals surface area contributed by atoms with Gasteiger partial charge in [0.15, 0.2) is 0 Å². The van der Waals surface area contributed by atoms with Crippen molar-refractivity contribution in [2.45, 2.75) is 39.2 Å². The van der Waals surface area contributed by atoms with Crippen molar-refractivity contribution in [1.29, 1.82) is 0 Å². The van der Waals surface area contributed by atoms with Crippen molar-refractivity contribution in [2.24, 2.45) is 5.92 Å². The zero-order chi connectivity index (χ0) is 12.8. The van der Waals surface area contributed by atoms with Gasteiger partial charge in [0.1, 0.15) is 5.82 Å². The Kier molecular flexibility index (Phi) is 6.14. The normalized spacial score (nSPS) is 13.1. The van der Waals surface area contributed by atoms with E-state index in [4.69, 9.17) is 0 Å². The summed E-state index contributed by atoms with van der Waals surface area (Å²) in [5, 5.41) is 3.33. The minimum atomic E-state index is -0.155. The lowest BCUT2D eigenvalue weighted by molar-refractivity contribution is 0.393. The van der Waals surface area contributed by atoms with Crippen LogP contribution in [0.25, 0.3) is 0 Å². The summed E-state index contributed by atoms with van der Waals surface area (Å²) in [4.78, 5) is 0. The fourth-order valence-corrected chi connectivity index (χ4v) is 2.50. The van der Waals surface area contributed by atoms with Gasteiger partial charge in [0.05, 0.1) is 0 Å². The van der Waals surface area contributed by atoms with Gasteiger partial charge in [0.25, 0.3) is 0 Å². The Labute approximate surface area is 112 Å². The third-order valence-electron chi connectivity index (χ3n) is 3.14. The average Bonchev–Trinajstić information content (AvgIpc) is 2.28. The Morgan fingerprint density at radius 2 is 2.06 bits per heavy atom. The van der Waals surface area contributed by atoms with Crippen molar-refractivity contribution in [3.8, 4) is 0 Å². The number of rotatable bonds is 6. The third-order valence-corrected chi connectivity index (χ3v) is 3.92. The van der Waals surface area contributed by atoms with Crippen molar-refractivity contribution in [3.05, 3.63) is 34.1 Å². The lowest BCUT2D eigenvalue weighted by Gasteiger charge is -2.20. The molecule has 0 saturated heterocycles. The van der Waals surface area contributed by atoms with Gasteiger partial charge in [0.2, 0.25) is 0 Å². The molecule has 0 radical (unpaired) electrons. The Morgan fingerprint density at radius 3 is 2.65 bits per heavy atom. The first-order chi connectivity index (χ1) is 8.04. The number of halogens is 2. The van der Waals surface area contributed by atoms with Crippen LogP contribution in [0, 0.1) is 11.7 Å². The van der Waals surface area contributed by atoms with Crippen LogP contribution in [0.5, 0.6) is 0 Å². The summed E-state index contributed by atoms with van der Waals surface area (Å²) < 4.78 is 14.1. The van der Waals surface area contributed by atoms with Crippen molar-refractivity contribution < 1.29 is 4.39 Å². The maximum Gasteiger partial charge on any atom is 0.123 e. The molecule has 1 rings (SSSR count). The number of aryl methyl sites for hydroxylation is 1. The summed E-state index contributed by atoms with van der Waals surface area (Å²) in [5.41, 5.74) is 1.06. The van der Waals surface area contributed by atoms with E-state index < -0.39 is 0 Å². The molecule has 3 heteroatoms. The van der Waals surface area contributed by atoms with Gasteiger partial charge in [0, 0.05) is 10.5 Å². The molecule has 0 aromatic heterocycles. The Hall–Kier alpha value is -0.410. The summed E-state index contributed by atoms with van der Waals surface area (Å²) in [6.07, 6.45) is 3.12. The van der Waals surface area contributed by atoms with E-state index in [1.165, 1.54) is 6.07 Å². The molecule has 1 nitrogen and oxygen atoms in total. The molecule has 17 heavy (non-hydrogen) atoms. The molecule has 0 bridgehead atoms. The largest absolute Gasteiger partial charge is 0.317 e. The van der Waals surface area contributed by atoms with Crippen molar-refractivity contribution >= 4 is 15.9 Å². The van der Waals surface area contributed by atoms with Gasteiger partial charge < -0.3 is 5.32 Å². The summed E-state index contributed by atoms with van der Waals surface area (Å²) >= 11 is 3.46. The SMILES string of the molecule is CNC(CCCc1cc(F)ccc1Br)C(C)C. The monoisotopic (exact) mass is 301 g/mol. The van der Waals surface area contributed by atoms with Crippen LogP contribution < -0.4 is 5.32 Å².